The van der Waals surface area contributed by atoms with Gasteiger partial charge in [0, 0.05) is 11.8 Å². The first kappa shape index (κ1) is 7.18. The highest BCUT2D eigenvalue weighted by molar-refractivity contribution is 5.26. The lowest BCUT2D eigenvalue weighted by Gasteiger charge is -2.17. The highest BCUT2D eigenvalue weighted by Gasteiger charge is 2.37. The summed E-state index contributed by atoms with van der Waals surface area (Å²) in [6.45, 7) is 0. The lowest BCUT2D eigenvalue weighted by atomic mass is 10.1. The molecule has 2 N–H and O–H groups in total. The highest BCUT2D eigenvalue weighted by Crippen LogP contribution is 2.28. The molecule has 1 atom stereocenters. The van der Waals surface area contributed by atoms with Crippen molar-refractivity contribution in [2.75, 3.05) is 0 Å². The summed E-state index contributed by atoms with van der Waals surface area (Å²) in [6.07, 6.45) is 0.0505. The van der Waals surface area contributed by atoms with Gasteiger partial charge in [-0.25, -0.2) is 4.39 Å². The molecule has 0 spiro atoms. The quantitative estimate of drug-likeness (QED) is 0.553. The third-order valence-electron chi connectivity index (χ3n) is 1.18. The number of hydrogen-bond donors (Lipinski definition) is 1. The third-order valence-corrected chi connectivity index (χ3v) is 1.18. The Hall–Kier alpha value is -0.930. The molecule has 1 unspecified atom stereocenters. The molecule has 0 amide bonds. The maximum Gasteiger partial charge on any atom is 0.302 e. The molecule has 0 heterocycles. The fourth-order valence-electron chi connectivity index (χ4n) is 0.674. The molecule has 0 aliphatic heterocycles. The molecule has 0 saturated carbocycles. The Bertz CT molecular complexity index is 195. The molecule has 1 nitrogen and oxygen atoms in total. The monoisotopic (exact) mass is 149 g/mol. The van der Waals surface area contributed by atoms with Crippen LogP contribution in [-0.4, -0.2) is 12.1 Å². The van der Waals surface area contributed by atoms with E-state index in [2.05, 4.69) is 0 Å². The normalized spacial score (nSPS) is 29.9. The van der Waals surface area contributed by atoms with Crippen LogP contribution in [0.2, 0.25) is 0 Å². The second-order valence-electron chi connectivity index (χ2n) is 2.08. The number of allylic oxidation sites excluding steroid dienone is 3. The first-order chi connectivity index (χ1) is 4.52. The second-order valence-corrected chi connectivity index (χ2v) is 2.08. The average Bonchev–Trinajstić information content (AvgIpc) is 1.78. The summed E-state index contributed by atoms with van der Waals surface area (Å²) in [6, 6.07) is 0. The Labute approximate surface area is 56.0 Å². The van der Waals surface area contributed by atoms with E-state index in [-0.39, 0.29) is 5.70 Å². The van der Waals surface area contributed by atoms with E-state index in [0.29, 0.717) is 6.08 Å². The van der Waals surface area contributed by atoms with Crippen molar-refractivity contribution in [2.24, 2.45) is 5.73 Å². The lowest BCUT2D eigenvalue weighted by molar-refractivity contribution is -0.00834. The van der Waals surface area contributed by atoms with Crippen LogP contribution in [0.5, 0.6) is 0 Å². The molecule has 1 aliphatic carbocycles. The number of alkyl halides is 3. The topological polar surface area (TPSA) is 26.0 Å². The fourth-order valence-corrected chi connectivity index (χ4v) is 0.674. The second kappa shape index (κ2) is 2.04. The molecule has 0 aromatic carbocycles. The highest BCUT2D eigenvalue weighted by atomic mass is 19.3. The summed E-state index contributed by atoms with van der Waals surface area (Å²) in [4.78, 5) is 0. The molecule has 0 radical (unpaired) electrons. The summed E-state index contributed by atoms with van der Waals surface area (Å²) in [5.74, 6) is -3.43. The van der Waals surface area contributed by atoms with E-state index in [1.807, 2.05) is 0 Å². The van der Waals surface area contributed by atoms with Crippen LogP contribution in [0.15, 0.2) is 23.9 Å². The van der Waals surface area contributed by atoms with Crippen molar-refractivity contribution in [1.82, 2.24) is 0 Å². The number of rotatable bonds is 0. The molecule has 56 valence electrons. The summed E-state index contributed by atoms with van der Waals surface area (Å²) in [5.41, 5.74) is 4.90. The number of halogens is 3. The van der Waals surface area contributed by atoms with E-state index >= 15 is 0 Å². The van der Waals surface area contributed by atoms with Crippen LogP contribution in [0.4, 0.5) is 13.2 Å². The third kappa shape index (κ3) is 1.15. The minimum atomic E-state index is -3.43. The zero-order valence-corrected chi connectivity index (χ0v) is 5.02. The predicted molar refractivity (Wildman–Crippen MR) is 31.3 cm³/mol. The van der Waals surface area contributed by atoms with Gasteiger partial charge in [-0.15, -0.1) is 0 Å². The lowest BCUT2D eigenvalue weighted by Crippen LogP contribution is -2.29. The SMILES string of the molecule is NC1=CC(F)(F)C(F)C=C1. The van der Waals surface area contributed by atoms with Gasteiger partial charge in [0.15, 0.2) is 6.17 Å². The smallest absolute Gasteiger partial charge is 0.302 e. The van der Waals surface area contributed by atoms with Crippen molar-refractivity contribution in [2.45, 2.75) is 12.1 Å². The van der Waals surface area contributed by atoms with Crippen LogP contribution in [0, 0.1) is 0 Å². The van der Waals surface area contributed by atoms with E-state index in [0.717, 1.165) is 12.2 Å². The maximum atomic E-state index is 12.3. The Morgan fingerprint density at radius 1 is 1.50 bits per heavy atom. The van der Waals surface area contributed by atoms with Gasteiger partial charge in [0.1, 0.15) is 0 Å². The fraction of sp³-hybridized carbons (Fsp3) is 0.333. The molecule has 4 heteroatoms. The molecule has 0 fully saturated rings. The summed E-state index contributed by atoms with van der Waals surface area (Å²) < 4.78 is 36.7. The van der Waals surface area contributed by atoms with Crippen LogP contribution >= 0.6 is 0 Å². The van der Waals surface area contributed by atoms with Gasteiger partial charge < -0.3 is 5.73 Å². The molecule has 0 aromatic heterocycles. The van der Waals surface area contributed by atoms with Gasteiger partial charge in [0.2, 0.25) is 0 Å². The summed E-state index contributed by atoms with van der Waals surface area (Å²) in [7, 11) is 0. The van der Waals surface area contributed by atoms with E-state index in [9.17, 15) is 13.2 Å². The Balaban J connectivity index is 2.88. The molecular weight excluding hydrogens is 143 g/mol. The molecule has 0 bridgehead atoms. The zero-order chi connectivity index (χ0) is 7.78. The molecule has 0 aromatic rings. The Morgan fingerprint density at radius 2 is 2.10 bits per heavy atom. The Morgan fingerprint density at radius 3 is 2.50 bits per heavy atom. The van der Waals surface area contributed by atoms with Crippen LogP contribution in [0.3, 0.4) is 0 Å². The van der Waals surface area contributed by atoms with Crippen molar-refractivity contribution in [3.05, 3.63) is 23.9 Å². The first-order valence-electron chi connectivity index (χ1n) is 2.71. The van der Waals surface area contributed by atoms with Crippen LogP contribution < -0.4 is 5.73 Å². The Kier molecular flexibility index (Phi) is 1.46. The van der Waals surface area contributed by atoms with Crippen molar-refractivity contribution in [3.8, 4) is 0 Å². The van der Waals surface area contributed by atoms with Gasteiger partial charge in [0.05, 0.1) is 0 Å². The molecule has 1 aliphatic rings. The summed E-state index contributed by atoms with van der Waals surface area (Å²) >= 11 is 0. The van der Waals surface area contributed by atoms with Crippen LogP contribution in [-0.2, 0) is 0 Å². The van der Waals surface area contributed by atoms with Gasteiger partial charge >= 0.3 is 5.92 Å². The van der Waals surface area contributed by atoms with E-state index < -0.39 is 12.1 Å². The minimum Gasteiger partial charge on any atom is -0.399 e. The van der Waals surface area contributed by atoms with Crippen molar-refractivity contribution < 1.29 is 13.2 Å². The first-order valence-corrected chi connectivity index (χ1v) is 2.71. The van der Waals surface area contributed by atoms with Gasteiger partial charge in [-0.3, -0.25) is 0 Å². The van der Waals surface area contributed by atoms with Gasteiger partial charge in [-0.05, 0) is 12.2 Å². The van der Waals surface area contributed by atoms with Crippen LogP contribution in [0.1, 0.15) is 0 Å². The van der Waals surface area contributed by atoms with Crippen molar-refractivity contribution >= 4 is 0 Å². The summed E-state index contributed by atoms with van der Waals surface area (Å²) in [5, 5.41) is 0. The molecule has 10 heavy (non-hydrogen) atoms. The van der Waals surface area contributed by atoms with E-state index in [1.165, 1.54) is 0 Å². The number of hydrogen-bond acceptors (Lipinski definition) is 1. The van der Waals surface area contributed by atoms with Gasteiger partial charge in [0.25, 0.3) is 0 Å². The largest absolute Gasteiger partial charge is 0.399 e. The molecular formula is C6H6F3N. The minimum absolute atomic E-state index is 0.0982. The maximum absolute atomic E-state index is 12.3. The average molecular weight is 149 g/mol. The van der Waals surface area contributed by atoms with E-state index in [1.54, 1.807) is 0 Å². The van der Waals surface area contributed by atoms with E-state index in [4.69, 9.17) is 5.73 Å². The van der Waals surface area contributed by atoms with Crippen LogP contribution in [0.25, 0.3) is 0 Å². The molecule has 1 rings (SSSR count). The van der Waals surface area contributed by atoms with Crippen molar-refractivity contribution in [3.63, 3.8) is 0 Å². The van der Waals surface area contributed by atoms with Gasteiger partial charge in [-0.2, -0.15) is 8.78 Å². The van der Waals surface area contributed by atoms with Crippen molar-refractivity contribution in [1.29, 1.82) is 0 Å². The van der Waals surface area contributed by atoms with Gasteiger partial charge in [-0.1, -0.05) is 0 Å². The molecule has 0 saturated heterocycles. The predicted octanol–water partition coefficient (Wildman–Crippen LogP) is 1.37. The zero-order valence-electron chi connectivity index (χ0n) is 5.02. The standard InChI is InChI=1S/C6H6F3N/c7-5-2-1-4(10)3-6(5,8)9/h1-3,5H,10H2. The number of nitrogens with two attached hydrogens (primary N) is 1.